The lowest BCUT2D eigenvalue weighted by atomic mass is 10.3. The van der Waals surface area contributed by atoms with Crippen LogP contribution in [0.25, 0.3) is 0 Å². The predicted molar refractivity (Wildman–Crippen MR) is 49.0 cm³/mol. The summed E-state index contributed by atoms with van der Waals surface area (Å²) in [4.78, 5) is 10.4. The van der Waals surface area contributed by atoms with Crippen LogP contribution < -0.4 is 10.5 Å². The summed E-state index contributed by atoms with van der Waals surface area (Å²) >= 11 is 0. The molecule has 1 rings (SSSR count). The molecule has 0 aliphatic heterocycles. The molecule has 0 aromatic carbocycles. The number of aliphatic hydroxyl groups excluding tert-OH is 1. The standard InChI is InChI=1S/C6H10N4O4S/c7-6(12)4(11)3-9-15(13,14)5-1-2-8-10-5/h1-2,4,9,11H,3H2,(H2,7,12)(H,8,10). The molecule has 0 bridgehead atoms. The fourth-order valence-corrected chi connectivity index (χ4v) is 1.71. The van der Waals surface area contributed by atoms with E-state index in [0.717, 1.165) is 0 Å². The van der Waals surface area contributed by atoms with Crippen molar-refractivity contribution in [2.24, 2.45) is 5.73 Å². The van der Waals surface area contributed by atoms with Crippen molar-refractivity contribution in [1.29, 1.82) is 0 Å². The number of nitrogens with zero attached hydrogens (tertiary/aromatic N) is 1. The molecular weight excluding hydrogens is 224 g/mol. The number of hydrogen-bond donors (Lipinski definition) is 4. The Morgan fingerprint density at radius 2 is 2.40 bits per heavy atom. The van der Waals surface area contributed by atoms with Crippen molar-refractivity contribution in [2.75, 3.05) is 6.54 Å². The number of aromatic amines is 1. The molecule has 1 aromatic rings. The summed E-state index contributed by atoms with van der Waals surface area (Å²) in [7, 11) is -3.78. The van der Waals surface area contributed by atoms with E-state index in [1.807, 2.05) is 4.72 Å². The molecule has 0 aliphatic carbocycles. The van der Waals surface area contributed by atoms with Crippen molar-refractivity contribution in [3.63, 3.8) is 0 Å². The summed E-state index contributed by atoms with van der Waals surface area (Å²) in [5, 5.41) is 14.5. The van der Waals surface area contributed by atoms with Gasteiger partial charge in [-0.1, -0.05) is 0 Å². The predicted octanol–water partition coefficient (Wildman–Crippen LogP) is -2.47. The Morgan fingerprint density at radius 3 is 2.87 bits per heavy atom. The fraction of sp³-hybridized carbons (Fsp3) is 0.333. The van der Waals surface area contributed by atoms with Crippen molar-refractivity contribution in [2.45, 2.75) is 11.1 Å². The van der Waals surface area contributed by atoms with Crippen LogP contribution in [-0.4, -0.2) is 42.3 Å². The van der Waals surface area contributed by atoms with Gasteiger partial charge in [-0.3, -0.25) is 9.89 Å². The molecule has 9 heteroatoms. The first-order chi connectivity index (χ1) is 6.93. The zero-order valence-corrected chi connectivity index (χ0v) is 8.36. The maximum Gasteiger partial charge on any atom is 0.257 e. The summed E-state index contributed by atoms with van der Waals surface area (Å²) in [6.45, 7) is -0.476. The van der Waals surface area contributed by atoms with Crippen LogP contribution in [0.4, 0.5) is 0 Å². The Bertz CT molecular complexity index is 426. The van der Waals surface area contributed by atoms with Crippen LogP contribution in [0.5, 0.6) is 0 Å². The highest BCUT2D eigenvalue weighted by molar-refractivity contribution is 7.89. The number of aliphatic hydroxyl groups is 1. The van der Waals surface area contributed by atoms with Gasteiger partial charge in [0.15, 0.2) is 5.03 Å². The zero-order valence-electron chi connectivity index (χ0n) is 7.54. The molecule has 0 fully saturated rings. The topological polar surface area (TPSA) is 138 Å². The number of hydrogen-bond acceptors (Lipinski definition) is 5. The van der Waals surface area contributed by atoms with Gasteiger partial charge in [0.1, 0.15) is 6.10 Å². The molecule has 0 radical (unpaired) electrons. The van der Waals surface area contributed by atoms with Crippen LogP contribution >= 0.6 is 0 Å². The number of aromatic nitrogens is 2. The maximum atomic E-state index is 11.4. The van der Waals surface area contributed by atoms with Gasteiger partial charge in [-0.15, -0.1) is 0 Å². The first-order valence-corrected chi connectivity index (χ1v) is 5.38. The van der Waals surface area contributed by atoms with E-state index >= 15 is 0 Å². The van der Waals surface area contributed by atoms with Crippen LogP contribution in [0, 0.1) is 0 Å². The molecule has 0 saturated heterocycles. The number of sulfonamides is 1. The van der Waals surface area contributed by atoms with E-state index in [4.69, 9.17) is 10.8 Å². The molecule has 0 aliphatic rings. The van der Waals surface area contributed by atoms with Gasteiger partial charge in [0, 0.05) is 6.54 Å². The van der Waals surface area contributed by atoms with Gasteiger partial charge in [-0.05, 0) is 6.07 Å². The average Bonchev–Trinajstić information content (AvgIpc) is 2.67. The zero-order chi connectivity index (χ0) is 11.5. The quantitative estimate of drug-likeness (QED) is 0.447. The number of primary amides is 1. The molecule has 1 atom stereocenters. The lowest BCUT2D eigenvalue weighted by Crippen LogP contribution is -2.40. The summed E-state index contributed by atoms with van der Waals surface area (Å²) in [5.74, 6) is -0.998. The van der Waals surface area contributed by atoms with E-state index in [0.29, 0.717) is 0 Å². The lowest BCUT2D eigenvalue weighted by molar-refractivity contribution is -0.125. The van der Waals surface area contributed by atoms with Gasteiger partial charge >= 0.3 is 0 Å². The van der Waals surface area contributed by atoms with Gasteiger partial charge in [0.05, 0.1) is 6.20 Å². The molecule has 84 valence electrons. The van der Waals surface area contributed by atoms with Gasteiger partial charge < -0.3 is 10.8 Å². The molecule has 1 heterocycles. The van der Waals surface area contributed by atoms with E-state index in [9.17, 15) is 13.2 Å². The van der Waals surface area contributed by atoms with Crippen LogP contribution in [0.15, 0.2) is 17.3 Å². The highest BCUT2D eigenvalue weighted by Gasteiger charge is 2.18. The number of H-pyrrole nitrogens is 1. The fourth-order valence-electron chi connectivity index (χ4n) is 0.760. The van der Waals surface area contributed by atoms with E-state index in [1.165, 1.54) is 12.3 Å². The molecule has 1 amide bonds. The van der Waals surface area contributed by atoms with E-state index in [1.54, 1.807) is 0 Å². The summed E-state index contributed by atoms with van der Waals surface area (Å²) < 4.78 is 24.7. The number of nitrogens with two attached hydrogens (primary N) is 1. The second-order valence-corrected chi connectivity index (χ2v) is 4.43. The van der Waals surface area contributed by atoms with E-state index in [-0.39, 0.29) is 5.03 Å². The largest absolute Gasteiger partial charge is 0.382 e. The Balaban J connectivity index is 2.63. The summed E-state index contributed by atoms with van der Waals surface area (Å²) in [5.41, 5.74) is 4.74. The lowest BCUT2D eigenvalue weighted by Gasteiger charge is -2.07. The van der Waals surface area contributed by atoms with Gasteiger partial charge in [0.25, 0.3) is 10.0 Å². The van der Waals surface area contributed by atoms with E-state index in [2.05, 4.69) is 10.2 Å². The minimum absolute atomic E-state index is 0.154. The molecule has 5 N–H and O–H groups in total. The molecule has 1 aromatic heterocycles. The Labute approximate surface area is 85.5 Å². The van der Waals surface area contributed by atoms with Crippen molar-refractivity contribution >= 4 is 15.9 Å². The first kappa shape index (κ1) is 11.6. The van der Waals surface area contributed by atoms with Crippen LogP contribution in [0.2, 0.25) is 0 Å². The van der Waals surface area contributed by atoms with Crippen molar-refractivity contribution in [3.05, 3.63) is 12.3 Å². The SMILES string of the molecule is NC(=O)C(O)CNS(=O)(=O)c1ccn[nH]1. The average molecular weight is 234 g/mol. The smallest absolute Gasteiger partial charge is 0.257 e. The minimum Gasteiger partial charge on any atom is -0.382 e. The first-order valence-electron chi connectivity index (χ1n) is 3.90. The second kappa shape index (κ2) is 4.38. The molecule has 0 saturated carbocycles. The van der Waals surface area contributed by atoms with Gasteiger partial charge in [-0.25, -0.2) is 13.1 Å². The van der Waals surface area contributed by atoms with Crippen LogP contribution in [0.3, 0.4) is 0 Å². The third kappa shape index (κ3) is 3.01. The molecule has 1 unspecified atom stereocenters. The molecule has 15 heavy (non-hydrogen) atoms. The third-order valence-corrected chi connectivity index (χ3v) is 2.91. The number of nitrogens with one attached hydrogen (secondary N) is 2. The summed E-state index contributed by atoms with van der Waals surface area (Å²) in [6.07, 6.45) is -0.290. The molecule has 8 nitrogen and oxygen atoms in total. The number of rotatable bonds is 5. The van der Waals surface area contributed by atoms with E-state index < -0.39 is 28.6 Å². The number of amides is 1. The normalized spacial score (nSPS) is 13.7. The van der Waals surface area contributed by atoms with Crippen LogP contribution in [0.1, 0.15) is 0 Å². The maximum absolute atomic E-state index is 11.4. The second-order valence-electron chi connectivity index (χ2n) is 2.69. The van der Waals surface area contributed by atoms with Gasteiger partial charge in [0.2, 0.25) is 5.91 Å². The minimum atomic E-state index is -3.78. The summed E-state index contributed by atoms with van der Waals surface area (Å²) in [6, 6.07) is 1.24. The monoisotopic (exact) mass is 234 g/mol. The Hall–Kier alpha value is -1.45. The third-order valence-electron chi connectivity index (χ3n) is 1.56. The molecule has 0 spiro atoms. The highest BCUT2D eigenvalue weighted by Crippen LogP contribution is 2.01. The number of carbonyl (C=O) groups is 1. The van der Waals surface area contributed by atoms with Crippen molar-refractivity contribution in [3.8, 4) is 0 Å². The Morgan fingerprint density at radius 1 is 1.73 bits per heavy atom. The van der Waals surface area contributed by atoms with Crippen molar-refractivity contribution < 1.29 is 18.3 Å². The Kier molecular flexibility index (Phi) is 3.39. The van der Waals surface area contributed by atoms with Crippen LogP contribution in [-0.2, 0) is 14.8 Å². The molecular formula is C6H10N4O4S. The highest BCUT2D eigenvalue weighted by atomic mass is 32.2. The van der Waals surface area contributed by atoms with Crippen molar-refractivity contribution in [1.82, 2.24) is 14.9 Å². The van der Waals surface area contributed by atoms with Gasteiger partial charge in [-0.2, -0.15) is 5.10 Å². The number of carbonyl (C=O) groups excluding carboxylic acids is 1.